The molecule has 1 aliphatic heterocycles. The average molecular weight is 344 g/mol. The van der Waals surface area contributed by atoms with Crippen LogP contribution in [0.2, 0.25) is 10.0 Å². The van der Waals surface area contributed by atoms with E-state index in [9.17, 15) is 0 Å². The fourth-order valence-electron chi connectivity index (χ4n) is 2.24. The summed E-state index contributed by atoms with van der Waals surface area (Å²) in [5.74, 6) is 1.36. The van der Waals surface area contributed by atoms with Crippen molar-refractivity contribution in [1.29, 1.82) is 0 Å². The number of hydrogen-bond donors (Lipinski definition) is 1. The molecular formula is C15H15Cl2NO2S. The summed E-state index contributed by atoms with van der Waals surface area (Å²) in [6.45, 7) is 3.22. The van der Waals surface area contributed by atoms with Gasteiger partial charge in [0, 0.05) is 22.4 Å². The predicted octanol–water partition coefficient (Wildman–Crippen LogP) is 4.57. The van der Waals surface area contributed by atoms with Gasteiger partial charge in [-0.1, -0.05) is 23.2 Å². The lowest BCUT2D eigenvalue weighted by atomic mass is 10.0. The minimum atomic E-state index is -0.374. The van der Waals surface area contributed by atoms with Crippen LogP contribution in [0.1, 0.15) is 28.5 Å². The number of benzene rings is 1. The zero-order chi connectivity index (χ0) is 15.0. The number of nitrogens with two attached hydrogens (primary N) is 1. The Morgan fingerprint density at radius 2 is 1.86 bits per heavy atom. The van der Waals surface area contributed by atoms with E-state index in [-0.39, 0.29) is 6.04 Å². The van der Waals surface area contributed by atoms with Crippen LogP contribution in [-0.2, 0) is 0 Å². The number of rotatable bonds is 2. The number of ether oxygens (including phenoxy) is 2. The van der Waals surface area contributed by atoms with Crippen LogP contribution >= 0.6 is 34.5 Å². The third-order valence-electron chi connectivity index (χ3n) is 3.41. The highest BCUT2D eigenvalue weighted by Crippen LogP contribution is 2.41. The molecule has 1 atom stereocenters. The molecule has 0 aliphatic carbocycles. The van der Waals surface area contributed by atoms with Crippen molar-refractivity contribution < 1.29 is 9.47 Å². The minimum Gasteiger partial charge on any atom is -0.490 e. The molecule has 1 aliphatic rings. The molecule has 2 N–H and O–H groups in total. The van der Waals surface area contributed by atoms with Crippen molar-refractivity contribution in [3.63, 3.8) is 0 Å². The Bertz CT molecular complexity index is 672. The number of aryl methyl sites for hydroxylation is 1. The first-order chi connectivity index (χ1) is 10.1. The third kappa shape index (κ3) is 2.86. The average Bonchev–Trinajstić information content (AvgIpc) is 2.67. The van der Waals surface area contributed by atoms with Crippen molar-refractivity contribution in [2.45, 2.75) is 19.4 Å². The maximum absolute atomic E-state index is 6.36. The molecule has 6 heteroatoms. The fourth-order valence-corrected chi connectivity index (χ4v) is 3.84. The van der Waals surface area contributed by atoms with E-state index < -0.39 is 0 Å². The molecule has 112 valence electrons. The molecule has 0 radical (unpaired) electrons. The van der Waals surface area contributed by atoms with Crippen LogP contribution in [0.5, 0.6) is 11.5 Å². The highest BCUT2D eigenvalue weighted by molar-refractivity contribution is 7.10. The largest absolute Gasteiger partial charge is 0.490 e. The minimum absolute atomic E-state index is 0.374. The first-order valence-corrected chi connectivity index (χ1v) is 8.29. The topological polar surface area (TPSA) is 44.5 Å². The molecule has 0 saturated heterocycles. The number of halogens is 2. The van der Waals surface area contributed by atoms with E-state index in [2.05, 4.69) is 0 Å². The molecule has 0 spiro atoms. The van der Waals surface area contributed by atoms with Gasteiger partial charge in [-0.05, 0) is 29.5 Å². The Morgan fingerprint density at radius 3 is 2.48 bits per heavy atom. The van der Waals surface area contributed by atoms with Crippen molar-refractivity contribution in [3.8, 4) is 11.5 Å². The molecule has 2 aromatic rings. The summed E-state index contributed by atoms with van der Waals surface area (Å²) < 4.78 is 11.3. The Balaban J connectivity index is 2.02. The molecule has 1 unspecified atom stereocenters. The second-order valence-corrected chi connectivity index (χ2v) is 6.64. The molecule has 0 fully saturated rings. The molecule has 2 heterocycles. The Hall–Kier alpha value is -0.940. The smallest absolute Gasteiger partial charge is 0.162 e. The molecule has 0 bridgehead atoms. The SMILES string of the molecule is Cc1csc(C(N)c2cc3c(cc2Cl)OCCCO3)c1Cl. The van der Waals surface area contributed by atoms with Gasteiger partial charge in [0.2, 0.25) is 0 Å². The molecule has 1 aromatic carbocycles. The van der Waals surface area contributed by atoms with Crippen LogP contribution in [0.15, 0.2) is 17.5 Å². The maximum atomic E-state index is 6.36. The monoisotopic (exact) mass is 343 g/mol. The van der Waals surface area contributed by atoms with Crippen LogP contribution in [0.3, 0.4) is 0 Å². The summed E-state index contributed by atoms with van der Waals surface area (Å²) >= 11 is 14.2. The van der Waals surface area contributed by atoms with E-state index in [1.165, 1.54) is 0 Å². The molecular weight excluding hydrogens is 329 g/mol. The van der Waals surface area contributed by atoms with Gasteiger partial charge in [-0.2, -0.15) is 0 Å². The van der Waals surface area contributed by atoms with E-state index in [1.54, 1.807) is 17.4 Å². The summed E-state index contributed by atoms with van der Waals surface area (Å²) in [4.78, 5) is 0.908. The normalized spacial score (nSPS) is 15.6. The molecule has 3 nitrogen and oxygen atoms in total. The van der Waals surface area contributed by atoms with Gasteiger partial charge in [0.05, 0.1) is 24.3 Å². The van der Waals surface area contributed by atoms with Crippen LogP contribution in [0.4, 0.5) is 0 Å². The van der Waals surface area contributed by atoms with Gasteiger partial charge in [0.25, 0.3) is 0 Å². The lowest BCUT2D eigenvalue weighted by Crippen LogP contribution is -2.12. The highest BCUT2D eigenvalue weighted by Gasteiger charge is 2.22. The quantitative estimate of drug-likeness (QED) is 0.868. The van der Waals surface area contributed by atoms with Gasteiger partial charge in [-0.3, -0.25) is 0 Å². The maximum Gasteiger partial charge on any atom is 0.162 e. The van der Waals surface area contributed by atoms with Crippen molar-refractivity contribution >= 4 is 34.5 Å². The van der Waals surface area contributed by atoms with Gasteiger partial charge in [-0.15, -0.1) is 11.3 Å². The third-order valence-corrected chi connectivity index (χ3v) is 5.53. The summed E-state index contributed by atoms with van der Waals surface area (Å²) in [5, 5.41) is 3.26. The zero-order valence-electron chi connectivity index (χ0n) is 11.5. The summed E-state index contributed by atoms with van der Waals surface area (Å²) in [7, 11) is 0. The fraction of sp³-hybridized carbons (Fsp3) is 0.333. The van der Waals surface area contributed by atoms with E-state index in [1.807, 2.05) is 18.4 Å². The Morgan fingerprint density at radius 1 is 1.19 bits per heavy atom. The standard InChI is InChI=1S/C15H15Cl2NO2S/c1-8-7-21-15(13(8)17)14(18)9-5-11-12(6-10(9)16)20-4-2-3-19-11/h5-7,14H,2-4,18H2,1H3. The molecule has 3 rings (SSSR count). The molecule has 1 aromatic heterocycles. The van der Waals surface area contributed by atoms with E-state index in [4.69, 9.17) is 38.4 Å². The summed E-state index contributed by atoms with van der Waals surface area (Å²) in [6.07, 6.45) is 0.851. The lowest BCUT2D eigenvalue weighted by molar-refractivity contribution is 0.297. The van der Waals surface area contributed by atoms with Crippen LogP contribution < -0.4 is 15.2 Å². The molecule has 0 amide bonds. The number of fused-ring (bicyclic) bond motifs is 1. The van der Waals surface area contributed by atoms with Gasteiger partial charge in [0.15, 0.2) is 11.5 Å². The Kier molecular flexibility index (Phi) is 4.31. The highest BCUT2D eigenvalue weighted by atomic mass is 35.5. The van der Waals surface area contributed by atoms with Gasteiger partial charge >= 0.3 is 0 Å². The van der Waals surface area contributed by atoms with Crippen LogP contribution in [0.25, 0.3) is 0 Å². The summed E-state index contributed by atoms with van der Waals surface area (Å²) in [6, 6.07) is 3.26. The van der Waals surface area contributed by atoms with Crippen molar-refractivity contribution in [3.05, 3.63) is 43.6 Å². The van der Waals surface area contributed by atoms with E-state index in [0.717, 1.165) is 22.4 Å². The first-order valence-electron chi connectivity index (χ1n) is 6.66. The van der Waals surface area contributed by atoms with Gasteiger partial charge < -0.3 is 15.2 Å². The van der Waals surface area contributed by atoms with Crippen LogP contribution in [-0.4, -0.2) is 13.2 Å². The zero-order valence-corrected chi connectivity index (χ0v) is 13.8. The summed E-state index contributed by atoms with van der Waals surface area (Å²) in [5.41, 5.74) is 8.17. The van der Waals surface area contributed by atoms with Crippen LogP contribution in [0, 0.1) is 6.92 Å². The predicted molar refractivity (Wildman–Crippen MR) is 87.2 cm³/mol. The van der Waals surface area contributed by atoms with Gasteiger partial charge in [0.1, 0.15) is 0 Å². The van der Waals surface area contributed by atoms with E-state index >= 15 is 0 Å². The Labute approximate surface area is 137 Å². The molecule has 21 heavy (non-hydrogen) atoms. The van der Waals surface area contributed by atoms with E-state index in [0.29, 0.717) is 34.8 Å². The molecule has 0 saturated carbocycles. The van der Waals surface area contributed by atoms with Crippen molar-refractivity contribution in [1.82, 2.24) is 0 Å². The van der Waals surface area contributed by atoms with Crippen molar-refractivity contribution in [2.75, 3.05) is 13.2 Å². The van der Waals surface area contributed by atoms with Crippen molar-refractivity contribution in [2.24, 2.45) is 5.73 Å². The lowest BCUT2D eigenvalue weighted by Gasteiger charge is -2.16. The first kappa shape index (κ1) is 15.0. The van der Waals surface area contributed by atoms with Gasteiger partial charge in [-0.25, -0.2) is 0 Å². The second kappa shape index (κ2) is 6.05. The number of thiophene rings is 1. The number of hydrogen-bond acceptors (Lipinski definition) is 4. The second-order valence-electron chi connectivity index (χ2n) is 4.95.